The van der Waals surface area contributed by atoms with Crippen LogP contribution in [-0.4, -0.2) is 29.1 Å². The Morgan fingerprint density at radius 2 is 2.41 bits per heavy atom. The molecule has 1 aliphatic heterocycles. The van der Waals surface area contributed by atoms with E-state index in [1.54, 1.807) is 23.0 Å². The van der Waals surface area contributed by atoms with E-state index in [0.29, 0.717) is 25.1 Å². The van der Waals surface area contributed by atoms with Crippen molar-refractivity contribution < 1.29 is 9.59 Å². The van der Waals surface area contributed by atoms with Gasteiger partial charge in [0, 0.05) is 36.9 Å². The second-order valence-electron chi connectivity index (χ2n) is 3.57. The minimum atomic E-state index is -0.213. The quantitative estimate of drug-likeness (QED) is 0.795. The summed E-state index contributed by atoms with van der Waals surface area (Å²) in [6, 6.07) is 0. The van der Waals surface area contributed by atoms with Gasteiger partial charge >= 0.3 is 0 Å². The lowest BCUT2D eigenvalue weighted by Crippen LogP contribution is -2.37. The molecule has 1 aliphatic rings. The molecule has 0 aliphatic carbocycles. The van der Waals surface area contributed by atoms with Gasteiger partial charge in [0.15, 0.2) is 0 Å². The Balaban J connectivity index is 1.76. The molecule has 0 saturated heterocycles. The number of nitrogens with one attached hydrogen (secondary N) is 2. The van der Waals surface area contributed by atoms with Gasteiger partial charge in [0.2, 0.25) is 5.91 Å². The largest absolute Gasteiger partial charge is 0.351 e. The van der Waals surface area contributed by atoms with Crippen molar-refractivity contribution in [3.63, 3.8) is 0 Å². The lowest BCUT2D eigenvalue weighted by atomic mass is 10.1. The Morgan fingerprint density at radius 1 is 1.53 bits per heavy atom. The Kier molecular flexibility index (Phi) is 3.81. The molecule has 0 spiro atoms. The number of carbonyl (C=O) groups is 2. The Labute approximate surface area is 102 Å². The van der Waals surface area contributed by atoms with Crippen LogP contribution in [0.1, 0.15) is 17.7 Å². The first-order valence-electron chi connectivity index (χ1n) is 5.26. The van der Waals surface area contributed by atoms with Gasteiger partial charge in [0.05, 0.1) is 5.51 Å². The fourth-order valence-corrected chi connectivity index (χ4v) is 2.00. The zero-order chi connectivity index (χ0) is 12.1. The minimum Gasteiger partial charge on any atom is -0.351 e. The number of hydrogen-bond acceptors (Lipinski definition) is 5. The van der Waals surface area contributed by atoms with Crippen molar-refractivity contribution in [1.29, 1.82) is 0 Å². The summed E-state index contributed by atoms with van der Waals surface area (Å²) >= 11 is 1.56. The van der Waals surface area contributed by atoms with Crippen LogP contribution in [-0.2, 0) is 16.0 Å². The smallest absolute Gasteiger partial charge is 0.267 e. The lowest BCUT2D eigenvalue weighted by molar-refractivity contribution is -0.121. The monoisotopic (exact) mass is 252 g/mol. The first-order valence-corrected chi connectivity index (χ1v) is 6.14. The van der Waals surface area contributed by atoms with Crippen LogP contribution >= 0.6 is 11.3 Å². The molecule has 90 valence electrons. The number of aromatic nitrogens is 1. The molecule has 2 rings (SSSR count). The van der Waals surface area contributed by atoms with Gasteiger partial charge in [-0.2, -0.15) is 5.10 Å². The van der Waals surface area contributed by atoms with Crippen LogP contribution in [0.3, 0.4) is 0 Å². The highest BCUT2D eigenvalue weighted by Crippen LogP contribution is 2.05. The minimum absolute atomic E-state index is 0.147. The van der Waals surface area contributed by atoms with Crippen molar-refractivity contribution in [3.8, 4) is 0 Å². The summed E-state index contributed by atoms with van der Waals surface area (Å²) in [5.41, 5.74) is 4.44. The van der Waals surface area contributed by atoms with E-state index in [4.69, 9.17) is 0 Å². The normalized spacial score (nSPS) is 15.1. The SMILES string of the molecule is O=C1CCC(C(=O)NCCc2cncs2)=NN1. The first-order chi connectivity index (χ1) is 8.25. The fraction of sp³-hybridized carbons (Fsp3) is 0.400. The third-order valence-corrected chi connectivity index (χ3v) is 3.15. The van der Waals surface area contributed by atoms with Crippen LogP contribution in [0.2, 0.25) is 0 Å². The highest BCUT2D eigenvalue weighted by atomic mass is 32.1. The Morgan fingerprint density at radius 3 is 3.06 bits per heavy atom. The van der Waals surface area contributed by atoms with E-state index in [1.807, 2.05) is 0 Å². The summed E-state index contributed by atoms with van der Waals surface area (Å²) in [7, 11) is 0. The molecule has 1 aromatic heterocycles. The second kappa shape index (κ2) is 5.53. The molecule has 17 heavy (non-hydrogen) atoms. The number of amides is 2. The van der Waals surface area contributed by atoms with Crippen molar-refractivity contribution in [2.24, 2.45) is 5.10 Å². The van der Waals surface area contributed by atoms with Crippen molar-refractivity contribution >= 4 is 28.9 Å². The summed E-state index contributed by atoms with van der Waals surface area (Å²) in [4.78, 5) is 27.6. The molecule has 0 aromatic carbocycles. The van der Waals surface area contributed by atoms with Crippen molar-refractivity contribution in [2.75, 3.05) is 6.54 Å². The zero-order valence-electron chi connectivity index (χ0n) is 9.10. The van der Waals surface area contributed by atoms with Crippen LogP contribution in [0.25, 0.3) is 0 Å². The number of thiazole rings is 1. The van der Waals surface area contributed by atoms with Crippen molar-refractivity contribution in [3.05, 3.63) is 16.6 Å². The first kappa shape index (κ1) is 11.7. The fourth-order valence-electron chi connectivity index (χ4n) is 1.40. The molecule has 0 fully saturated rings. The van der Waals surface area contributed by atoms with Crippen molar-refractivity contribution in [2.45, 2.75) is 19.3 Å². The van der Waals surface area contributed by atoms with Gasteiger partial charge in [-0.15, -0.1) is 11.3 Å². The second-order valence-corrected chi connectivity index (χ2v) is 4.54. The number of hydrazone groups is 1. The van der Waals surface area contributed by atoms with Gasteiger partial charge in [0.1, 0.15) is 5.71 Å². The van der Waals surface area contributed by atoms with Gasteiger partial charge in [-0.3, -0.25) is 14.6 Å². The van der Waals surface area contributed by atoms with Gasteiger partial charge in [0.25, 0.3) is 5.91 Å². The van der Waals surface area contributed by atoms with Gasteiger partial charge in [-0.25, -0.2) is 5.43 Å². The molecule has 7 heteroatoms. The summed E-state index contributed by atoms with van der Waals surface area (Å²) in [6.45, 7) is 0.550. The molecular weight excluding hydrogens is 240 g/mol. The Hall–Kier alpha value is -1.76. The van der Waals surface area contributed by atoms with Gasteiger partial charge in [-0.05, 0) is 0 Å². The number of nitrogens with zero attached hydrogens (tertiary/aromatic N) is 2. The summed E-state index contributed by atoms with van der Waals surface area (Å²) in [5, 5.41) is 6.48. The number of rotatable bonds is 4. The van der Waals surface area contributed by atoms with E-state index < -0.39 is 0 Å². The molecular formula is C10H12N4O2S. The molecule has 0 unspecified atom stereocenters. The molecule has 1 aromatic rings. The number of hydrogen-bond donors (Lipinski definition) is 2. The topological polar surface area (TPSA) is 83.5 Å². The standard InChI is InChI=1S/C10H12N4O2S/c15-9-2-1-8(13-14-9)10(16)12-4-3-7-5-11-6-17-7/h5-6H,1-4H2,(H,12,16)(H,14,15). The van der Waals surface area contributed by atoms with Crippen LogP contribution in [0.4, 0.5) is 0 Å². The van der Waals surface area contributed by atoms with Crippen LogP contribution in [0.15, 0.2) is 16.8 Å². The third kappa shape index (κ3) is 3.35. The van der Waals surface area contributed by atoms with Gasteiger partial charge < -0.3 is 5.32 Å². The van der Waals surface area contributed by atoms with Gasteiger partial charge in [-0.1, -0.05) is 0 Å². The summed E-state index contributed by atoms with van der Waals surface area (Å²) < 4.78 is 0. The highest BCUT2D eigenvalue weighted by Gasteiger charge is 2.17. The average molecular weight is 252 g/mol. The molecule has 0 atom stereocenters. The average Bonchev–Trinajstić information content (AvgIpc) is 2.83. The van der Waals surface area contributed by atoms with E-state index in [-0.39, 0.29) is 11.8 Å². The maximum Gasteiger partial charge on any atom is 0.267 e. The van der Waals surface area contributed by atoms with E-state index in [9.17, 15) is 9.59 Å². The Bertz CT molecular complexity index is 441. The van der Waals surface area contributed by atoms with E-state index in [2.05, 4.69) is 20.8 Å². The predicted molar refractivity (Wildman–Crippen MR) is 63.6 cm³/mol. The molecule has 6 nitrogen and oxygen atoms in total. The molecule has 0 radical (unpaired) electrons. The van der Waals surface area contributed by atoms with Crippen molar-refractivity contribution in [1.82, 2.24) is 15.7 Å². The maximum atomic E-state index is 11.6. The van der Waals surface area contributed by atoms with E-state index in [0.717, 1.165) is 11.3 Å². The lowest BCUT2D eigenvalue weighted by Gasteiger charge is -2.11. The molecule has 2 heterocycles. The zero-order valence-corrected chi connectivity index (χ0v) is 9.92. The third-order valence-electron chi connectivity index (χ3n) is 2.31. The predicted octanol–water partition coefficient (Wildman–Crippen LogP) is 0.0678. The maximum absolute atomic E-state index is 11.6. The molecule has 0 saturated carbocycles. The van der Waals surface area contributed by atoms with Crippen LogP contribution < -0.4 is 10.7 Å². The molecule has 2 N–H and O–H groups in total. The summed E-state index contributed by atoms with van der Waals surface area (Å²) in [6.07, 6.45) is 3.27. The van der Waals surface area contributed by atoms with E-state index in [1.165, 1.54) is 0 Å². The molecule has 0 bridgehead atoms. The van der Waals surface area contributed by atoms with Crippen LogP contribution in [0, 0.1) is 0 Å². The van der Waals surface area contributed by atoms with Crippen LogP contribution in [0.5, 0.6) is 0 Å². The molecule has 2 amide bonds. The highest BCUT2D eigenvalue weighted by molar-refractivity contribution is 7.09. The van der Waals surface area contributed by atoms with E-state index >= 15 is 0 Å². The summed E-state index contributed by atoms with van der Waals surface area (Å²) in [5.74, 6) is -0.360. The number of carbonyl (C=O) groups excluding carboxylic acids is 2.